The monoisotopic (exact) mass is 612 g/mol. The van der Waals surface area contributed by atoms with Crippen LogP contribution in [0.1, 0.15) is 130 Å². The van der Waals surface area contributed by atoms with Crippen molar-refractivity contribution < 1.29 is 20.1 Å². The number of unbranched alkanes of at least 4 members (excludes halogenated alkanes) is 7. The van der Waals surface area contributed by atoms with Crippen molar-refractivity contribution in [2.24, 2.45) is 46.3 Å². The molecule has 4 saturated carbocycles. The number of fused-ring (bicyclic) bond motifs is 5. The molecule has 1 amide bonds. The molecule has 0 saturated heterocycles. The molecule has 6 nitrogen and oxygen atoms in total. The number of hydrogen-bond acceptors (Lipinski definition) is 4. The second-order valence-electron chi connectivity index (χ2n) is 16.1. The number of aryl methyl sites for hydroxylation is 1. The summed E-state index contributed by atoms with van der Waals surface area (Å²) in [7, 11) is 0. The number of carbonyl (C=O) groups excluding carboxylic acids is 1. The highest BCUT2D eigenvalue weighted by atomic mass is 16.3. The number of amides is 1. The summed E-state index contributed by atoms with van der Waals surface area (Å²) < 4.78 is 2.26. The van der Waals surface area contributed by atoms with Crippen LogP contribution in [-0.4, -0.2) is 50.7 Å². The predicted molar refractivity (Wildman–Crippen MR) is 177 cm³/mol. The lowest BCUT2D eigenvalue weighted by Gasteiger charge is -2.63. The smallest absolute Gasteiger partial charge is 0.220 e. The van der Waals surface area contributed by atoms with Crippen molar-refractivity contribution in [3.8, 4) is 0 Å². The van der Waals surface area contributed by atoms with Crippen LogP contribution in [0.25, 0.3) is 0 Å². The number of aliphatic hydroxyl groups is 3. The van der Waals surface area contributed by atoms with E-state index in [1.807, 2.05) is 0 Å². The Balaban J connectivity index is 0.993. The first kappa shape index (κ1) is 34.0. The molecule has 1 heterocycles. The highest BCUT2D eigenvalue weighted by Crippen LogP contribution is 2.68. The summed E-state index contributed by atoms with van der Waals surface area (Å²) in [5, 5.41) is 36.8. The molecular formula is C38H64N2O4. The number of aromatic nitrogens is 1. The SMILES string of the molecule is C[C@H](CCC(=O)NCCCCCCCCCCn1cccc1)[C@H]1CC[C@H]2[C@@H]3[C@H](O)C[C@@H]4C[C@H](O)CC[C@]4(C)[C@H]3C[C@H](O)[C@]12C. The molecule has 44 heavy (non-hydrogen) atoms. The Morgan fingerprint density at radius 3 is 2.30 bits per heavy atom. The van der Waals surface area contributed by atoms with Crippen LogP contribution < -0.4 is 5.32 Å². The molecule has 4 aliphatic rings. The van der Waals surface area contributed by atoms with Crippen molar-refractivity contribution in [2.75, 3.05) is 6.54 Å². The molecule has 250 valence electrons. The van der Waals surface area contributed by atoms with E-state index >= 15 is 0 Å². The summed E-state index contributed by atoms with van der Waals surface area (Å²) in [5.74, 6) is 2.19. The van der Waals surface area contributed by atoms with E-state index in [9.17, 15) is 20.1 Å². The van der Waals surface area contributed by atoms with E-state index in [2.05, 4.69) is 55.2 Å². The van der Waals surface area contributed by atoms with Crippen LogP contribution >= 0.6 is 0 Å². The number of aliphatic hydroxyl groups excluding tert-OH is 3. The molecule has 1 aromatic heterocycles. The molecule has 0 bridgehead atoms. The zero-order chi connectivity index (χ0) is 31.3. The summed E-state index contributed by atoms with van der Waals surface area (Å²) in [5.41, 5.74) is -0.0889. The van der Waals surface area contributed by atoms with Gasteiger partial charge in [-0.15, -0.1) is 0 Å². The fourth-order valence-electron chi connectivity index (χ4n) is 11.0. The van der Waals surface area contributed by atoms with Crippen LogP contribution in [0, 0.1) is 46.3 Å². The molecule has 0 aromatic carbocycles. The highest BCUT2D eigenvalue weighted by Gasteiger charge is 2.65. The van der Waals surface area contributed by atoms with Crippen LogP contribution in [-0.2, 0) is 11.3 Å². The van der Waals surface area contributed by atoms with E-state index in [1.54, 1.807) is 0 Å². The third-order valence-electron chi connectivity index (χ3n) is 13.7. The average Bonchev–Trinajstić information content (AvgIpc) is 3.64. The highest BCUT2D eigenvalue weighted by molar-refractivity contribution is 5.75. The Morgan fingerprint density at radius 1 is 0.886 bits per heavy atom. The molecule has 0 unspecified atom stereocenters. The molecular weight excluding hydrogens is 548 g/mol. The van der Waals surface area contributed by atoms with Crippen molar-refractivity contribution in [1.29, 1.82) is 0 Å². The summed E-state index contributed by atoms with van der Waals surface area (Å²) in [4.78, 5) is 12.7. The quantitative estimate of drug-likeness (QED) is 0.159. The lowest BCUT2D eigenvalue weighted by Crippen LogP contribution is -2.62. The molecule has 4 N–H and O–H groups in total. The summed E-state index contributed by atoms with van der Waals surface area (Å²) >= 11 is 0. The van der Waals surface area contributed by atoms with Gasteiger partial charge in [0, 0.05) is 31.9 Å². The molecule has 6 heteroatoms. The molecule has 0 radical (unpaired) electrons. The van der Waals surface area contributed by atoms with Crippen LogP contribution in [0.5, 0.6) is 0 Å². The first-order valence-electron chi connectivity index (χ1n) is 18.6. The van der Waals surface area contributed by atoms with Gasteiger partial charge in [-0.05, 0) is 123 Å². The van der Waals surface area contributed by atoms with Crippen molar-refractivity contribution in [1.82, 2.24) is 9.88 Å². The maximum atomic E-state index is 12.7. The average molecular weight is 613 g/mol. The van der Waals surface area contributed by atoms with Crippen LogP contribution in [0.4, 0.5) is 0 Å². The Kier molecular flexibility index (Phi) is 11.6. The Labute approximate surface area is 267 Å². The second-order valence-corrected chi connectivity index (χ2v) is 16.1. The van der Waals surface area contributed by atoms with Gasteiger partial charge in [-0.2, -0.15) is 0 Å². The van der Waals surface area contributed by atoms with E-state index in [-0.39, 0.29) is 41.0 Å². The van der Waals surface area contributed by atoms with E-state index in [4.69, 9.17) is 0 Å². The minimum Gasteiger partial charge on any atom is -0.393 e. The third-order valence-corrected chi connectivity index (χ3v) is 13.7. The summed E-state index contributed by atoms with van der Waals surface area (Å²) in [6, 6.07) is 4.18. The zero-order valence-electron chi connectivity index (χ0n) is 28.1. The molecule has 4 fully saturated rings. The Hall–Kier alpha value is -1.37. The first-order valence-corrected chi connectivity index (χ1v) is 18.6. The van der Waals surface area contributed by atoms with Gasteiger partial charge < -0.3 is 25.2 Å². The second kappa shape index (κ2) is 15.0. The van der Waals surface area contributed by atoms with E-state index in [0.717, 1.165) is 70.9 Å². The fourth-order valence-corrected chi connectivity index (χ4v) is 11.0. The van der Waals surface area contributed by atoms with Crippen molar-refractivity contribution >= 4 is 5.91 Å². The van der Waals surface area contributed by atoms with Crippen LogP contribution in [0.2, 0.25) is 0 Å². The van der Waals surface area contributed by atoms with Gasteiger partial charge in [0.2, 0.25) is 5.91 Å². The van der Waals surface area contributed by atoms with Crippen LogP contribution in [0.3, 0.4) is 0 Å². The van der Waals surface area contributed by atoms with E-state index in [1.165, 1.54) is 44.9 Å². The minimum atomic E-state index is -0.364. The normalized spacial score (nSPS) is 38.9. The molecule has 0 aliphatic heterocycles. The molecule has 5 rings (SSSR count). The summed E-state index contributed by atoms with van der Waals surface area (Å²) in [6.45, 7) is 8.91. The molecule has 4 aliphatic carbocycles. The van der Waals surface area contributed by atoms with Gasteiger partial charge in [0.25, 0.3) is 0 Å². The van der Waals surface area contributed by atoms with Gasteiger partial charge in [0.15, 0.2) is 0 Å². The number of rotatable bonds is 15. The van der Waals surface area contributed by atoms with Gasteiger partial charge in [-0.25, -0.2) is 0 Å². The maximum Gasteiger partial charge on any atom is 0.220 e. The van der Waals surface area contributed by atoms with Gasteiger partial charge in [-0.1, -0.05) is 59.3 Å². The van der Waals surface area contributed by atoms with E-state index < -0.39 is 0 Å². The molecule has 0 spiro atoms. The Morgan fingerprint density at radius 2 is 1.57 bits per heavy atom. The number of carbonyl (C=O) groups is 1. The fraction of sp³-hybridized carbons (Fsp3) is 0.868. The summed E-state index contributed by atoms with van der Waals surface area (Å²) in [6.07, 6.45) is 21.2. The number of hydrogen-bond donors (Lipinski definition) is 4. The van der Waals surface area contributed by atoms with Crippen molar-refractivity contribution in [2.45, 2.75) is 155 Å². The van der Waals surface area contributed by atoms with E-state index in [0.29, 0.717) is 36.0 Å². The minimum absolute atomic E-state index is 0.108. The van der Waals surface area contributed by atoms with Gasteiger partial charge in [0.05, 0.1) is 18.3 Å². The predicted octanol–water partition coefficient (Wildman–Crippen LogP) is 7.10. The van der Waals surface area contributed by atoms with Crippen molar-refractivity contribution in [3.63, 3.8) is 0 Å². The first-order chi connectivity index (χ1) is 21.1. The standard InChI is InChI=1S/C38H64N2O4/c1-27(14-17-35(44)39-20-10-8-6-4-5-7-9-11-21-40-22-12-13-23-40)30-15-16-31-36-32(26-34(43)38(30,31)3)37(2)19-18-29(41)24-28(37)25-33(36)42/h12-13,22-23,27-34,36,41-43H,4-11,14-21,24-26H2,1-3H3,(H,39,44)/t27-,28+,29-,30-,31+,32+,33-,34+,36+,37+,38-/m1/s1. The zero-order valence-corrected chi connectivity index (χ0v) is 28.1. The lowest BCUT2D eigenvalue weighted by molar-refractivity contribution is -0.207. The number of nitrogens with zero attached hydrogens (tertiary/aromatic N) is 1. The maximum absolute atomic E-state index is 12.7. The van der Waals surface area contributed by atoms with Gasteiger partial charge >= 0.3 is 0 Å². The van der Waals surface area contributed by atoms with Crippen LogP contribution in [0.15, 0.2) is 24.5 Å². The van der Waals surface area contributed by atoms with Crippen molar-refractivity contribution in [3.05, 3.63) is 24.5 Å². The topological polar surface area (TPSA) is 94.7 Å². The third kappa shape index (κ3) is 7.28. The molecule has 11 atom stereocenters. The molecule has 1 aromatic rings. The lowest BCUT2D eigenvalue weighted by atomic mass is 9.43. The van der Waals surface area contributed by atoms with Gasteiger partial charge in [0.1, 0.15) is 0 Å². The van der Waals surface area contributed by atoms with Gasteiger partial charge in [-0.3, -0.25) is 4.79 Å². The largest absolute Gasteiger partial charge is 0.393 e. The number of nitrogens with one attached hydrogen (secondary N) is 1. The Bertz CT molecular complexity index is 1030.